The number of ether oxygens (including phenoxy) is 7. The third-order valence-corrected chi connectivity index (χ3v) is 8.10. The highest BCUT2D eigenvalue weighted by atomic mass is 16.8. The maximum absolute atomic E-state index is 13.3. The Kier molecular flexibility index (Phi) is 6.55. The zero-order chi connectivity index (χ0) is 29.3. The Morgan fingerprint density at radius 2 is 1.62 bits per heavy atom. The molecule has 222 valence electrons. The smallest absolute Gasteiger partial charge is 0.339 e. The molecule has 0 amide bonds. The van der Waals surface area contributed by atoms with Crippen LogP contribution in [0.4, 0.5) is 0 Å². The average Bonchev–Trinajstić information content (AvgIpc) is 3.70. The molecule has 2 fully saturated rings. The Labute approximate surface area is 239 Å². The summed E-state index contributed by atoms with van der Waals surface area (Å²) in [5, 5.41) is 42.6. The molecular weight excluding hydrogens is 552 g/mol. The Hall–Kier alpha value is -3.49. The number of carbonyl (C=O) groups excluding carboxylic acids is 1. The average molecular weight is 583 g/mol. The van der Waals surface area contributed by atoms with Crippen LogP contribution in [0.3, 0.4) is 0 Å². The van der Waals surface area contributed by atoms with Crippen molar-refractivity contribution in [3.8, 4) is 28.4 Å². The second-order valence-electron chi connectivity index (χ2n) is 11.1. The number of hydrogen-bond donors (Lipinski definition) is 4. The van der Waals surface area contributed by atoms with Crippen LogP contribution in [-0.4, -0.2) is 76.3 Å². The van der Waals surface area contributed by atoms with Crippen LogP contribution >= 0.6 is 0 Å². The summed E-state index contributed by atoms with van der Waals surface area (Å²) in [5.41, 5.74) is 2.75. The Bertz CT molecular complexity index is 1580. The molecule has 4 aliphatic heterocycles. The van der Waals surface area contributed by atoms with Crippen molar-refractivity contribution in [1.82, 2.24) is 0 Å². The lowest BCUT2D eigenvalue weighted by atomic mass is 9.87. The molecule has 5 atom stereocenters. The first kappa shape index (κ1) is 27.3. The molecule has 7 rings (SSSR count). The molecule has 0 saturated carbocycles. The van der Waals surface area contributed by atoms with E-state index in [1.165, 1.54) is 0 Å². The topological polar surface area (TPSA) is 163 Å². The van der Waals surface area contributed by atoms with Crippen LogP contribution in [0, 0.1) is 0 Å². The molecule has 2 saturated heterocycles. The zero-order valence-electron chi connectivity index (χ0n) is 22.9. The van der Waals surface area contributed by atoms with E-state index in [2.05, 4.69) is 0 Å². The number of aliphatic hydroxyl groups is 4. The maximum Gasteiger partial charge on any atom is 0.339 e. The Balaban J connectivity index is 1.42. The fourth-order valence-corrected chi connectivity index (χ4v) is 6.21. The standard InChI is InChI=1S/C30H30O12/c1-30(2)41-26-21(10-33)39-29(24(34)27(26)42-30)40-25-17-6-15(9-32)14(8-31)5-16(17)22(23-18(25)11-36-28(23)35)13-3-4-19-20(7-13)38-12-37-19/h3-7,21,24,26-27,29,31-34H,8-12H2,1-2H3/t21-,24-,26-,27-,29?/m1/s1. The van der Waals surface area contributed by atoms with E-state index in [-0.39, 0.29) is 37.9 Å². The highest BCUT2D eigenvalue weighted by Crippen LogP contribution is 2.48. The van der Waals surface area contributed by atoms with Gasteiger partial charge in [-0.25, -0.2) is 4.79 Å². The molecule has 0 bridgehead atoms. The molecule has 0 aromatic heterocycles. The summed E-state index contributed by atoms with van der Waals surface area (Å²) in [6.45, 7) is 2.24. The van der Waals surface area contributed by atoms with Gasteiger partial charge in [0.05, 0.1) is 25.4 Å². The van der Waals surface area contributed by atoms with Gasteiger partial charge in [-0.15, -0.1) is 0 Å². The van der Waals surface area contributed by atoms with Gasteiger partial charge in [-0.1, -0.05) is 6.07 Å². The largest absolute Gasteiger partial charge is 0.461 e. The van der Waals surface area contributed by atoms with Crippen LogP contribution in [-0.2, 0) is 38.8 Å². The molecular formula is C30H30O12. The fourth-order valence-electron chi connectivity index (χ4n) is 6.21. The molecule has 0 aliphatic carbocycles. The summed E-state index contributed by atoms with van der Waals surface area (Å²) in [7, 11) is 0. The Morgan fingerprint density at radius 3 is 2.36 bits per heavy atom. The van der Waals surface area contributed by atoms with Crippen LogP contribution in [0.25, 0.3) is 21.9 Å². The van der Waals surface area contributed by atoms with E-state index >= 15 is 0 Å². The van der Waals surface area contributed by atoms with E-state index in [0.29, 0.717) is 50.1 Å². The van der Waals surface area contributed by atoms with Crippen LogP contribution in [0.5, 0.6) is 17.2 Å². The number of aliphatic hydroxyl groups excluding tert-OH is 4. The third-order valence-electron chi connectivity index (χ3n) is 8.10. The van der Waals surface area contributed by atoms with Crippen LogP contribution in [0.2, 0.25) is 0 Å². The van der Waals surface area contributed by atoms with Gasteiger partial charge in [-0.2, -0.15) is 0 Å². The molecule has 4 heterocycles. The lowest BCUT2D eigenvalue weighted by molar-refractivity contribution is -0.254. The van der Waals surface area contributed by atoms with Crippen molar-refractivity contribution in [2.45, 2.75) is 70.2 Å². The van der Waals surface area contributed by atoms with Crippen LogP contribution in [0.1, 0.15) is 40.9 Å². The molecule has 1 unspecified atom stereocenters. The number of fused-ring (bicyclic) bond motifs is 4. The fraction of sp³-hybridized carbons (Fsp3) is 0.433. The van der Waals surface area contributed by atoms with Gasteiger partial charge in [0.1, 0.15) is 36.8 Å². The van der Waals surface area contributed by atoms with Gasteiger partial charge < -0.3 is 53.6 Å². The summed E-state index contributed by atoms with van der Waals surface area (Å²) in [5.74, 6) is -0.303. The van der Waals surface area contributed by atoms with Gasteiger partial charge in [-0.05, 0) is 60.2 Å². The van der Waals surface area contributed by atoms with Crippen molar-refractivity contribution in [3.63, 3.8) is 0 Å². The third kappa shape index (κ3) is 4.21. The van der Waals surface area contributed by atoms with Gasteiger partial charge in [0, 0.05) is 16.5 Å². The molecule has 12 nitrogen and oxygen atoms in total. The summed E-state index contributed by atoms with van der Waals surface area (Å²) in [6, 6.07) is 8.68. The van der Waals surface area contributed by atoms with Crippen LogP contribution in [0.15, 0.2) is 30.3 Å². The highest BCUT2D eigenvalue weighted by molar-refractivity contribution is 6.13. The van der Waals surface area contributed by atoms with Gasteiger partial charge in [0.2, 0.25) is 13.1 Å². The number of carbonyl (C=O) groups is 1. The molecule has 0 radical (unpaired) electrons. The van der Waals surface area contributed by atoms with E-state index in [9.17, 15) is 25.2 Å². The van der Waals surface area contributed by atoms with E-state index < -0.39 is 49.1 Å². The number of hydrogen-bond acceptors (Lipinski definition) is 12. The first-order valence-corrected chi connectivity index (χ1v) is 13.6. The van der Waals surface area contributed by atoms with Crippen LogP contribution < -0.4 is 14.2 Å². The molecule has 4 N–H and O–H groups in total. The number of rotatable bonds is 6. The van der Waals surface area contributed by atoms with Crippen molar-refractivity contribution in [2.24, 2.45) is 0 Å². The SMILES string of the molecule is CC1(C)O[C@H]2[C@H](O1)[C@@H](O)C(Oc1c3c(c(-c4ccc5c(c4)OCO5)c4cc(CO)c(CO)cc14)C(=O)OC3)O[C@@H]2CO. The van der Waals surface area contributed by atoms with Crippen molar-refractivity contribution >= 4 is 16.7 Å². The van der Waals surface area contributed by atoms with E-state index in [1.54, 1.807) is 44.2 Å². The van der Waals surface area contributed by atoms with Crippen molar-refractivity contribution in [2.75, 3.05) is 13.4 Å². The minimum absolute atomic E-state index is 0.0767. The number of esters is 1. The van der Waals surface area contributed by atoms with Gasteiger partial charge in [-0.3, -0.25) is 0 Å². The number of cyclic esters (lactones) is 1. The molecule has 42 heavy (non-hydrogen) atoms. The maximum atomic E-state index is 13.3. The van der Waals surface area contributed by atoms with Crippen molar-refractivity contribution < 1.29 is 58.4 Å². The number of benzene rings is 3. The second-order valence-corrected chi connectivity index (χ2v) is 11.1. The lowest BCUT2D eigenvalue weighted by Gasteiger charge is -2.39. The summed E-state index contributed by atoms with van der Waals surface area (Å²) in [4.78, 5) is 13.3. The molecule has 3 aromatic carbocycles. The van der Waals surface area contributed by atoms with Gasteiger partial charge in [0.25, 0.3) is 0 Å². The predicted molar refractivity (Wildman–Crippen MR) is 143 cm³/mol. The second kappa shape index (κ2) is 10.1. The summed E-state index contributed by atoms with van der Waals surface area (Å²) < 4.78 is 40.7. The molecule has 12 heteroatoms. The summed E-state index contributed by atoms with van der Waals surface area (Å²) >= 11 is 0. The van der Waals surface area contributed by atoms with Gasteiger partial charge in [0.15, 0.2) is 17.3 Å². The lowest BCUT2D eigenvalue weighted by Crippen LogP contribution is -2.58. The first-order valence-electron chi connectivity index (χ1n) is 13.6. The minimum atomic E-state index is -1.31. The normalized spacial score (nSPS) is 27.2. The monoisotopic (exact) mass is 582 g/mol. The highest BCUT2D eigenvalue weighted by Gasteiger charge is 2.55. The Morgan fingerprint density at radius 1 is 0.905 bits per heavy atom. The predicted octanol–water partition coefficient (Wildman–Crippen LogP) is 1.87. The molecule has 4 aliphatic rings. The quantitative estimate of drug-likeness (QED) is 0.313. The molecule has 3 aromatic rings. The van der Waals surface area contributed by atoms with E-state index in [0.717, 1.165) is 0 Å². The van der Waals surface area contributed by atoms with E-state index in [4.69, 9.17) is 33.2 Å². The van der Waals surface area contributed by atoms with Crippen molar-refractivity contribution in [1.29, 1.82) is 0 Å². The van der Waals surface area contributed by atoms with E-state index in [1.807, 2.05) is 0 Å². The molecule has 0 spiro atoms. The van der Waals surface area contributed by atoms with Gasteiger partial charge >= 0.3 is 5.97 Å². The summed E-state index contributed by atoms with van der Waals surface area (Å²) in [6.07, 6.45) is -5.06. The minimum Gasteiger partial charge on any atom is -0.461 e. The first-order chi connectivity index (χ1) is 20.2. The zero-order valence-corrected chi connectivity index (χ0v) is 22.9. The van der Waals surface area contributed by atoms with Crippen molar-refractivity contribution in [3.05, 3.63) is 52.6 Å².